The summed E-state index contributed by atoms with van der Waals surface area (Å²) in [6, 6.07) is 0. The Morgan fingerprint density at radius 1 is 0.750 bits per heavy atom. The first-order chi connectivity index (χ1) is 13.2. The molecule has 0 radical (unpaired) electrons. The van der Waals surface area contributed by atoms with Gasteiger partial charge >= 0.3 is 0 Å². The summed E-state index contributed by atoms with van der Waals surface area (Å²) in [5.41, 5.74) is 0.550. The highest BCUT2D eigenvalue weighted by Crippen LogP contribution is 2.55. The lowest BCUT2D eigenvalue weighted by Crippen LogP contribution is -2.41. The Labute approximate surface area is 178 Å². The quantitative estimate of drug-likeness (QED) is 0.389. The van der Waals surface area contributed by atoms with Crippen LogP contribution in [0.15, 0.2) is 0 Å². The Morgan fingerprint density at radius 3 is 1.82 bits per heavy atom. The van der Waals surface area contributed by atoms with Crippen molar-refractivity contribution in [2.24, 2.45) is 58.7 Å². The molecule has 3 saturated carbocycles. The molecule has 3 rings (SSSR count). The van der Waals surface area contributed by atoms with Gasteiger partial charge in [-0.15, -0.1) is 0 Å². The lowest BCUT2D eigenvalue weighted by Gasteiger charge is -2.50. The van der Waals surface area contributed by atoms with E-state index in [0.717, 1.165) is 53.3 Å². The van der Waals surface area contributed by atoms with Gasteiger partial charge in [-0.2, -0.15) is 0 Å². The van der Waals surface area contributed by atoms with Gasteiger partial charge in [0.15, 0.2) is 0 Å². The highest BCUT2D eigenvalue weighted by atomic mass is 14.5. The second kappa shape index (κ2) is 9.43. The first-order valence-electron chi connectivity index (χ1n) is 13.2. The maximum Gasteiger partial charge on any atom is -0.0295 e. The molecule has 4 atom stereocenters. The molecule has 164 valence electrons. The number of hydrogen-bond acceptors (Lipinski definition) is 0. The predicted molar refractivity (Wildman–Crippen MR) is 124 cm³/mol. The molecule has 0 saturated heterocycles. The smallest absolute Gasteiger partial charge is 0.0295 e. The summed E-state index contributed by atoms with van der Waals surface area (Å²) < 4.78 is 0. The SMILES string of the molecule is CC(C)C1CCC1C1CCC([C@@H](C[C@H](C)C(C)C)C(C)(C)C2CCCC2)CC1. The third-order valence-electron chi connectivity index (χ3n) is 10.4. The minimum Gasteiger partial charge on any atom is -0.0625 e. The van der Waals surface area contributed by atoms with Crippen molar-refractivity contribution in [1.29, 1.82) is 0 Å². The van der Waals surface area contributed by atoms with Gasteiger partial charge in [0.25, 0.3) is 0 Å². The van der Waals surface area contributed by atoms with Crippen molar-refractivity contribution in [2.75, 3.05) is 0 Å². The Morgan fingerprint density at radius 2 is 1.36 bits per heavy atom. The van der Waals surface area contributed by atoms with Crippen LogP contribution in [0.25, 0.3) is 0 Å². The molecule has 0 nitrogen and oxygen atoms in total. The summed E-state index contributed by atoms with van der Waals surface area (Å²) in [4.78, 5) is 0. The molecule has 0 aliphatic heterocycles. The zero-order valence-electron chi connectivity index (χ0n) is 20.5. The van der Waals surface area contributed by atoms with Gasteiger partial charge < -0.3 is 0 Å². The van der Waals surface area contributed by atoms with E-state index in [1.165, 1.54) is 51.4 Å². The topological polar surface area (TPSA) is 0 Å². The van der Waals surface area contributed by atoms with E-state index < -0.39 is 0 Å². The molecule has 0 heteroatoms. The van der Waals surface area contributed by atoms with E-state index in [0.29, 0.717) is 5.41 Å². The Bertz CT molecular complexity index is 458. The summed E-state index contributed by atoms with van der Waals surface area (Å²) in [6.45, 7) is 17.7. The van der Waals surface area contributed by atoms with Crippen LogP contribution < -0.4 is 0 Å². The van der Waals surface area contributed by atoms with Crippen LogP contribution in [0.1, 0.15) is 119 Å². The highest BCUT2D eigenvalue weighted by Gasteiger charge is 2.45. The van der Waals surface area contributed by atoms with E-state index in [4.69, 9.17) is 0 Å². The average Bonchev–Trinajstić information content (AvgIpc) is 3.14. The van der Waals surface area contributed by atoms with Crippen LogP contribution in [0.2, 0.25) is 0 Å². The second-order valence-corrected chi connectivity index (χ2v) is 12.7. The predicted octanol–water partition coefficient (Wildman–Crippen LogP) is 8.99. The Hall–Kier alpha value is 0. The number of hydrogen-bond donors (Lipinski definition) is 0. The second-order valence-electron chi connectivity index (χ2n) is 12.7. The maximum atomic E-state index is 2.67. The van der Waals surface area contributed by atoms with Crippen LogP contribution >= 0.6 is 0 Å². The van der Waals surface area contributed by atoms with E-state index in [2.05, 4.69) is 48.5 Å². The minimum atomic E-state index is 0.550. The monoisotopic (exact) mass is 388 g/mol. The average molecular weight is 389 g/mol. The third-order valence-corrected chi connectivity index (χ3v) is 10.4. The summed E-state index contributed by atoms with van der Waals surface area (Å²) in [5.74, 6) is 8.77. The van der Waals surface area contributed by atoms with Crippen molar-refractivity contribution in [3.05, 3.63) is 0 Å². The van der Waals surface area contributed by atoms with Crippen molar-refractivity contribution in [1.82, 2.24) is 0 Å². The Balaban J connectivity index is 1.65. The molecule has 0 aromatic carbocycles. The first kappa shape index (κ1) is 22.7. The molecule has 3 aliphatic carbocycles. The molecule has 0 amide bonds. The van der Waals surface area contributed by atoms with Crippen LogP contribution in [0.5, 0.6) is 0 Å². The van der Waals surface area contributed by atoms with Crippen LogP contribution in [-0.2, 0) is 0 Å². The number of rotatable bonds is 8. The van der Waals surface area contributed by atoms with Gasteiger partial charge in [-0.25, -0.2) is 0 Å². The molecule has 0 aromatic rings. The first-order valence-corrected chi connectivity index (χ1v) is 13.2. The molecule has 0 aromatic heterocycles. The molecule has 2 unspecified atom stereocenters. The van der Waals surface area contributed by atoms with Gasteiger partial charge in [-0.3, -0.25) is 0 Å². The van der Waals surface area contributed by atoms with Crippen molar-refractivity contribution >= 4 is 0 Å². The van der Waals surface area contributed by atoms with Gasteiger partial charge in [0, 0.05) is 0 Å². The zero-order chi connectivity index (χ0) is 20.5. The minimum absolute atomic E-state index is 0.550. The summed E-state index contributed by atoms with van der Waals surface area (Å²) in [5, 5.41) is 0. The lowest BCUT2D eigenvalue weighted by molar-refractivity contribution is -0.00417. The third kappa shape index (κ3) is 4.83. The van der Waals surface area contributed by atoms with E-state index in [9.17, 15) is 0 Å². The molecular formula is C28H52. The summed E-state index contributed by atoms with van der Waals surface area (Å²) in [6.07, 6.45) is 16.7. The fourth-order valence-corrected chi connectivity index (χ4v) is 7.69. The molecule has 3 aliphatic rings. The lowest BCUT2D eigenvalue weighted by atomic mass is 9.55. The van der Waals surface area contributed by atoms with Crippen molar-refractivity contribution < 1.29 is 0 Å². The molecule has 3 fully saturated rings. The van der Waals surface area contributed by atoms with Gasteiger partial charge in [0.05, 0.1) is 0 Å². The van der Waals surface area contributed by atoms with E-state index >= 15 is 0 Å². The van der Waals surface area contributed by atoms with Crippen molar-refractivity contribution in [3.8, 4) is 0 Å². The fraction of sp³-hybridized carbons (Fsp3) is 1.00. The maximum absolute atomic E-state index is 2.67. The van der Waals surface area contributed by atoms with Crippen LogP contribution in [0.4, 0.5) is 0 Å². The van der Waals surface area contributed by atoms with Gasteiger partial charge in [0.1, 0.15) is 0 Å². The summed E-state index contributed by atoms with van der Waals surface area (Å²) >= 11 is 0. The van der Waals surface area contributed by atoms with Gasteiger partial charge in [0.2, 0.25) is 0 Å². The Kier molecular flexibility index (Phi) is 7.64. The molecule has 0 spiro atoms. The fourth-order valence-electron chi connectivity index (χ4n) is 7.69. The standard InChI is InChI=1S/C28H52/c1-19(2)21(5)18-27(28(6,7)24-10-8-9-11-24)23-14-12-22(13-15-23)26-17-16-25(26)20(3)4/h19-27H,8-18H2,1-7H3/t21-,22?,23?,25?,26?,27+/m0/s1. The van der Waals surface area contributed by atoms with Crippen LogP contribution in [0.3, 0.4) is 0 Å². The van der Waals surface area contributed by atoms with Crippen molar-refractivity contribution in [3.63, 3.8) is 0 Å². The molecule has 28 heavy (non-hydrogen) atoms. The van der Waals surface area contributed by atoms with E-state index in [1.807, 2.05) is 0 Å². The van der Waals surface area contributed by atoms with Crippen molar-refractivity contribution in [2.45, 2.75) is 119 Å². The van der Waals surface area contributed by atoms with Crippen LogP contribution in [0, 0.1) is 58.7 Å². The molecule has 0 N–H and O–H groups in total. The normalized spacial score (nSPS) is 34.6. The zero-order valence-corrected chi connectivity index (χ0v) is 20.5. The molecule has 0 bridgehead atoms. The van der Waals surface area contributed by atoms with Crippen LogP contribution in [-0.4, -0.2) is 0 Å². The van der Waals surface area contributed by atoms with E-state index in [-0.39, 0.29) is 0 Å². The van der Waals surface area contributed by atoms with E-state index in [1.54, 1.807) is 19.3 Å². The van der Waals surface area contributed by atoms with Gasteiger partial charge in [-0.05, 0) is 116 Å². The van der Waals surface area contributed by atoms with Gasteiger partial charge in [-0.1, -0.05) is 61.3 Å². The summed E-state index contributed by atoms with van der Waals surface area (Å²) in [7, 11) is 0. The largest absolute Gasteiger partial charge is 0.0625 e. The molecular weight excluding hydrogens is 336 g/mol. The molecule has 0 heterocycles. The highest BCUT2D eigenvalue weighted by molar-refractivity contribution is 4.95.